The van der Waals surface area contributed by atoms with Gasteiger partial charge in [0, 0.05) is 6.07 Å². The first kappa shape index (κ1) is 14.3. The molecule has 1 atom stereocenters. The Labute approximate surface area is 106 Å². The molecule has 0 radical (unpaired) electrons. The van der Waals surface area contributed by atoms with Gasteiger partial charge in [0.1, 0.15) is 5.82 Å². The van der Waals surface area contributed by atoms with Gasteiger partial charge in [-0.05, 0) is 6.07 Å². The van der Waals surface area contributed by atoms with E-state index < -0.39 is 41.7 Å². The van der Waals surface area contributed by atoms with E-state index in [1.54, 1.807) is 0 Å². The van der Waals surface area contributed by atoms with Gasteiger partial charge in [0.05, 0.1) is 23.2 Å². The minimum Gasteiger partial charge on any atom is -0.481 e. The third-order valence-electron chi connectivity index (χ3n) is 1.99. The lowest BCUT2D eigenvalue weighted by Gasteiger charge is -2.12. The van der Waals surface area contributed by atoms with Gasteiger partial charge in [0.2, 0.25) is 5.91 Å². The second kappa shape index (κ2) is 5.74. The number of carboxylic acid groups (broad SMARTS) is 1. The number of carbonyl (C=O) groups is 2. The molecule has 0 bridgehead atoms. The van der Waals surface area contributed by atoms with Crippen LogP contribution in [-0.4, -0.2) is 23.0 Å². The highest BCUT2D eigenvalue weighted by Crippen LogP contribution is 2.26. The Morgan fingerprint density at radius 3 is 2.56 bits per heavy atom. The van der Waals surface area contributed by atoms with Gasteiger partial charge < -0.3 is 16.2 Å². The Hall–Kier alpha value is -1.73. The van der Waals surface area contributed by atoms with Crippen molar-refractivity contribution < 1.29 is 23.5 Å². The summed E-state index contributed by atoms with van der Waals surface area (Å²) in [5.41, 5.74) is 4.82. The predicted octanol–water partition coefficient (Wildman–Crippen LogP) is 1.36. The Morgan fingerprint density at radius 1 is 1.44 bits per heavy atom. The van der Waals surface area contributed by atoms with Gasteiger partial charge in [-0.3, -0.25) is 9.59 Å². The topological polar surface area (TPSA) is 92.4 Å². The van der Waals surface area contributed by atoms with E-state index in [2.05, 4.69) is 0 Å². The number of carbonyl (C=O) groups excluding carboxylic acids is 1. The number of amides is 1. The molecule has 1 rings (SSSR count). The number of hydrogen-bond donors (Lipinski definition) is 3. The minimum absolute atomic E-state index is 0.344. The first-order valence-corrected chi connectivity index (χ1v) is 5.12. The summed E-state index contributed by atoms with van der Waals surface area (Å²) >= 11 is 5.54. The molecule has 0 spiro atoms. The van der Waals surface area contributed by atoms with Crippen molar-refractivity contribution in [2.24, 2.45) is 5.73 Å². The van der Waals surface area contributed by atoms with Crippen LogP contribution < -0.4 is 11.1 Å². The average Bonchev–Trinajstić information content (AvgIpc) is 2.21. The van der Waals surface area contributed by atoms with Gasteiger partial charge >= 0.3 is 5.97 Å². The molecule has 1 unspecified atom stereocenters. The fraction of sp³-hybridized carbons (Fsp3) is 0.200. The number of aliphatic carboxylic acids is 1. The summed E-state index contributed by atoms with van der Waals surface area (Å²) in [5, 5.41) is 10.1. The van der Waals surface area contributed by atoms with Gasteiger partial charge in [-0.15, -0.1) is 0 Å². The SMILES string of the molecule is NC(CC(=O)O)C(=O)Nc1c(F)cc(F)cc1Cl. The highest BCUT2D eigenvalue weighted by molar-refractivity contribution is 6.33. The molecule has 1 aromatic rings. The molecular weight excluding hydrogens is 270 g/mol. The number of benzene rings is 1. The lowest BCUT2D eigenvalue weighted by molar-refractivity contribution is -0.138. The second-order valence-corrected chi connectivity index (χ2v) is 3.85. The summed E-state index contributed by atoms with van der Waals surface area (Å²) < 4.78 is 26.0. The average molecular weight is 279 g/mol. The maximum Gasteiger partial charge on any atom is 0.305 e. The molecule has 0 aliphatic rings. The number of nitrogens with two attached hydrogens (primary N) is 1. The van der Waals surface area contributed by atoms with E-state index in [1.807, 2.05) is 5.32 Å². The smallest absolute Gasteiger partial charge is 0.305 e. The molecule has 4 N–H and O–H groups in total. The predicted molar refractivity (Wildman–Crippen MR) is 60.2 cm³/mol. The van der Waals surface area contributed by atoms with Crippen LogP contribution in [-0.2, 0) is 9.59 Å². The third-order valence-corrected chi connectivity index (χ3v) is 2.28. The zero-order chi connectivity index (χ0) is 13.9. The van der Waals surface area contributed by atoms with Crippen molar-refractivity contribution in [3.05, 3.63) is 28.8 Å². The third kappa shape index (κ3) is 3.64. The van der Waals surface area contributed by atoms with Crippen LogP contribution in [0.3, 0.4) is 0 Å². The highest BCUT2D eigenvalue weighted by atomic mass is 35.5. The van der Waals surface area contributed by atoms with E-state index in [0.29, 0.717) is 6.07 Å². The zero-order valence-electron chi connectivity index (χ0n) is 8.91. The number of carboxylic acids is 1. The Bertz CT molecular complexity index is 473. The van der Waals surface area contributed by atoms with E-state index in [0.717, 1.165) is 6.07 Å². The molecule has 0 aliphatic heterocycles. The molecule has 18 heavy (non-hydrogen) atoms. The van der Waals surface area contributed by atoms with Crippen LogP contribution in [0, 0.1) is 11.6 Å². The van der Waals surface area contributed by atoms with E-state index in [9.17, 15) is 18.4 Å². The van der Waals surface area contributed by atoms with Crippen LogP contribution in [0.15, 0.2) is 12.1 Å². The van der Waals surface area contributed by atoms with Crippen LogP contribution in [0.4, 0.5) is 14.5 Å². The normalized spacial score (nSPS) is 12.0. The summed E-state index contributed by atoms with van der Waals surface area (Å²) in [6.07, 6.45) is -0.619. The van der Waals surface area contributed by atoms with Crippen molar-refractivity contribution >= 4 is 29.2 Å². The van der Waals surface area contributed by atoms with Crippen molar-refractivity contribution in [1.29, 1.82) is 0 Å². The first-order chi connectivity index (χ1) is 8.31. The van der Waals surface area contributed by atoms with Crippen molar-refractivity contribution in [3.8, 4) is 0 Å². The molecule has 0 fully saturated rings. The van der Waals surface area contributed by atoms with Gasteiger partial charge in [0.25, 0.3) is 0 Å². The fourth-order valence-corrected chi connectivity index (χ4v) is 1.40. The quantitative estimate of drug-likeness (QED) is 0.775. The van der Waals surface area contributed by atoms with Crippen molar-refractivity contribution in [2.75, 3.05) is 5.32 Å². The van der Waals surface area contributed by atoms with E-state index in [1.165, 1.54) is 0 Å². The molecule has 5 nitrogen and oxygen atoms in total. The molecule has 1 aromatic carbocycles. The monoisotopic (exact) mass is 278 g/mol. The van der Waals surface area contributed by atoms with E-state index in [4.69, 9.17) is 22.4 Å². The number of hydrogen-bond acceptors (Lipinski definition) is 3. The minimum atomic E-state index is -1.36. The van der Waals surface area contributed by atoms with E-state index >= 15 is 0 Å². The summed E-state index contributed by atoms with van der Waals surface area (Å²) in [5.74, 6) is -4.17. The van der Waals surface area contributed by atoms with Gasteiger partial charge in [0.15, 0.2) is 5.82 Å². The standard InChI is InChI=1S/C10H9ClF2N2O3/c11-5-1-4(12)2-6(13)9(5)15-10(18)7(14)3-8(16)17/h1-2,7H,3,14H2,(H,15,18)(H,16,17). The van der Waals surface area contributed by atoms with Gasteiger partial charge in [-0.1, -0.05) is 11.6 Å². The van der Waals surface area contributed by atoms with Crippen molar-refractivity contribution in [1.82, 2.24) is 0 Å². The fourth-order valence-electron chi connectivity index (χ4n) is 1.16. The second-order valence-electron chi connectivity index (χ2n) is 3.44. The zero-order valence-corrected chi connectivity index (χ0v) is 9.67. The van der Waals surface area contributed by atoms with E-state index in [-0.39, 0.29) is 5.02 Å². The Balaban J connectivity index is 2.85. The number of nitrogens with one attached hydrogen (secondary N) is 1. The molecule has 98 valence electrons. The molecule has 0 heterocycles. The highest BCUT2D eigenvalue weighted by Gasteiger charge is 2.20. The maximum absolute atomic E-state index is 13.3. The van der Waals surface area contributed by atoms with Gasteiger partial charge in [-0.25, -0.2) is 8.78 Å². The number of halogens is 3. The molecule has 0 saturated heterocycles. The first-order valence-electron chi connectivity index (χ1n) is 4.74. The van der Waals surface area contributed by atoms with Crippen LogP contribution >= 0.6 is 11.6 Å². The van der Waals surface area contributed by atoms with Crippen LogP contribution in [0.2, 0.25) is 5.02 Å². The molecule has 0 saturated carbocycles. The lowest BCUT2D eigenvalue weighted by Crippen LogP contribution is -2.37. The summed E-state index contributed by atoms with van der Waals surface area (Å²) in [4.78, 5) is 21.8. The molecule has 0 aliphatic carbocycles. The molecule has 1 amide bonds. The summed E-state index contributed by atoms with van der Waals surface area (Å²) in [6, 6.07) is -0.0179. The van der Waals surface area contributed by atoms with Crippen molar-refractivity contribution in [3.63, 3.8) is 0 Å². The summed E-state index contributed by atoms with van der Waals surface area (Å²) in [6.45, 7) is 0. The lowest BCUT2D eigenvalue weighted by atomic mass is 10.2. The number of anilines is 1. The molecule has 8 heteroatoms. The molecular formula is C10H9ClF2N2O3. The number of rotatable bonds is 4. The summed E-state index contributed by atoms with van der Waals surface area (Å²) in [7, 11) is 0. The Morgan fingerprint density at radius 2 is 2.06 bits per heavy atom. The molecule has 0 aromatic heterocycles. The largest absolute Gasteiger partial charge is 0.481 e. The Kier molecular flexibility index (Phi) is 4.57. The van der Waals surface area contributed by atoms with Gasteiger partial charge in [-0.2, -0.15) is 0 Å². The van der Waals surface area contributed by atoms with Crippen LogP contribution in [0.5, 0.6) is 0 Å². The maximum atomic E-state index is 13.3. The van der Waals surface area contributed by atoms with Crippen molar-refractivity contribution in [2.45, 2.75) is 12.5 Å². The van der Waals surface area contributed by atoms with Crippen LogP contribution in [0.1, 0.15) is 6.42 Å². The van der Waals surface area contributed by atoms with Crippen LogP contribution in [0.25, 0.3) is 0 Å².